The van der Waals surface area contributed by atoms with Gasteiger partial charge < -0.3 is 9.72 Å². The largest absolute Gasteiger partial charge is 0.374 e. The van der Waals surface area contributed by atoms with Crippen molar-refractivity contribution in [2.45, 2.75) is 26.9 Å². The van der Waals surface area contributed by atoms with Gasteiger partial charge in [-0.15, -0.1) is 0 Å². The lowest BCUT2D eigenvalue weighted by molar-refractivity contribution is 0.116. The van der Waals surface area contributed by atoms with Crippen LogP contribution in [-0.2, 0) is 11.3 Å². The minimum atomic E-state index is 0.492. The third-order valence-corrected chi connectivity index (χ3v) is 3.20. The molecule has 1 N–H and O–H groups in total. The lowest BCUT2D eigenvalue weighted by Gasteiger charge is -2.05. The highest BCUT2D eigenvalue weighted by atomic mass is 79.9. The maximum absolute atomic E-state index is 5.36. The van der Waals surface area contributed by atoms with Crippen LogP contribution in [0.1, 0.15) is 24.9 Å². The number of hydrogen-bond donors (Lipinski definition) is 1. The summed E-state index contributed by atoms with van der Waals surface area (Å²) in [6, 6.07) is 0. The molecule has 0 unspecified atom stereocenters. The third kappa shape index (κ3) is 3.15. The molecule has 1 rings (SSSR count). The van der Waals surface area contributed by atoms with Crippen molar-refractivity contribution in [1.82, 2.24) is 9.97 Å². The number of halogens is 1. The summed E-state index contributed by atoms with van der Waals surface area (Å²) in [4.78, 5) is 7.32. The molecule has 1 heterocycles. The van der Waals surface area contributed by atoms with Crippen molar-refractivity contribution in [2.24, 2.45) is 0 Å². The average molecular weight is 277 g/mol. The molecule has 3 nitrogen and oxygen atoms in total. The molecule has 0 fully saturated rings. The van der Waals surface area contributed by atoms with Crippen LogP contribution in [0.3, 0.4) is 0 Å². The molecule has 0 bridgehead atoms. The summed E-state index contributed by atoms with van der Waals surface area (Å²) >= 11 is 8.43. The van der Waals surface area contributed by atoms with Gasteiger partial charge in [0, 0.05) is 12.3 Å². The van der Waals surface area contributed by atoms with Crippen LogP contribution in [0, 0.1) is 11.6 Å². The van der Waals surface area contributed by atoms with Crippen LogP contribution in [0.4, 0.5) is 0 Å². The summed E-state index contributed by atoms with van der Waals surface area (Å²) in [5.41, 5.74) is 0.986. The molecule has 0 saturated heterocycles. The van der Waals surface area contributed by atoms with Gasteiger partial charge in [0.2, 0.25) is 0 Å². The fraction of sp³-hybridized carbons (Fsp3) is 0.556. The van der Waals surface area contributed by atoms with Gasteiger partial charge in [0.1, 0.15) is 17.1 Å². The number of ether oxygens (including phenoxy) is 1. The molecule has 0 aliphatic carbocycles. The number of aromatic nitrogens is 2. The Bertz CT molecular complexity index is 364. The Labute approximate surface area is 97.0 Å². The maximum Gasteiger partial charge on any atom is 0.144 e. The van der Waals surface area contributed by atoms with Crippen molar-refractivity contribution in [3.05, 3.63) is 20.6 Å². The Hall–Kier alpha value is -0.260. The summed E-state index contributed by atoms with van der Waals surface area (Å²) in [6.45, 7) is 5.26. The fourth-order valence-corrected chi connectivity index (χ4v) is 1.46. The smallest absolute Gasteiger partial charge is 0.144 e. The zero-order chi connectivity index (χ0) is 10.6. The topological polar surface area (TPSA) is 37.9 Å². The lowest BCUT2D eigenvalue weighted by Crippen LogP contribution is -2.02. The molecule has 0 aliphatic rings. The molecule has 0 saturated carbocycles. The van der Waals surface area contributed by atoms with Gasteiger partial charge in [-0.2, -0.15) is 0 Å². The van der Waals surface area contributed by atoms with Gasteiger partial charge in [-0.05, 0) is 29.3 Å². The molecule has 0 atom stereocenters. The Balaban J connectivity index is 2.75. The van der Waals surface area contributed by atoms with Crippen LogP contribution in [0.25, 0.3) is 0 Å². The van der Waals surface area contributed by atoms with Crippen molar-refractivity contribution in [3.8, 4) is 0 Å². The van der Waals surface area contributed by atoms with Crippen molar-refractivity contribution in [1.29, 1.82) is 0 Å². The van der Waals surface area contributed by atoms with Gasteiger partial charge >= 0.3 is 0 Å². The van der Waals surface area contributed by atoms with E-state index in [1.165, 1.54) is 0 Å². The average Bonchev–Trinajstić information content (AvgIpc) is 2.14. The first-order valence-electron chi connectivity index (χ1n) is 4.48. The van der Waals surface area contributed by atoms with Crippen molar-refractivity contribution in [3.63, 3.8) is 0 Å². The zero-order valence-corrected chi connectivity index (χ0v) is 10.7. The van der Waals surface area contributed by atoms with Crippen molar-refractivity contribution < 1.29 is 4.74 Å². The number of nitrogens with one attached hydrogen (secondary N) is 1. The van der Waals surface area contributed by atoms with E-state index in [-0.39, 0.29) is 0 Å². The molecule has 0 radical (unpaired) electrons. The molecule has 0 aliphatic heterocycles. The van der Waals surface area contributed by atoms with E-state index < -0.39 is 0 Å². The third-order valence-electron chi connectivity index (χ3n) is 1.67. The van der Waals surface area contributed by atoms with E-state index in [1.807, 2.05) is 6.92 Å². The van der Waals surface area contributed by atoms with Crippen LogP contribution in [0.2, 0.25) is 0 Å². The number of aryl methyl sites for hydroxylation is 1. The van der Waals surface area contributed by atoms with Gasteiger partial charge in [-0.25, -0.2) is 4.98 Å². The molecular weight excluding hydrogens is 264 g/mol. The highest BCUT2D eigenvalue weighted by Crippen LogP contribution is 2.14. The predicted molar refractivity (Wildman–Crippen MR) is 61.8 cm³/mol. The Morgan fingerprint density at radius 1 is 1.57 bits per heavy atom. The molecule has 1 aromatic heterocycles. The number of aromatic amines is 1. The van der Waals surface area contributed by atoms with Gasteiger partial charge in [0.15, 0.2) is 0 Å². The quantitative estimate of drug-likeness (QED) is 0.678. The first kappa shape index (κ1) is 11.8. The van der Waals surface area contributed by atoms with Crippen molar-refractivity contribution in [2.75, 3.05) is 6.61 Å². The van der Waals surface area contributed by atoms with E-state index in [1.54, 1.807) is 0 Å². The second-order valence-electron chi connectivity index (χ2n) is 2.98. The number of nitrogens with zero attached hydrogens (tertiary/aromatic N) is 1. The van der Waals surface area contributed by atoms with Gasteiger partial charge in [0.25, 0.3) is 0 Å². The summed E-state index contributed by atoms with van der Waals surface area (Å²) in [6.07, 6.45) is 1.01. The first-order valence-corrected chi connectivity index (χ1v) is 5.68. The summed E-state index contributed by atoms with van der Waals surface area (Å²) < 4.78 is 6.80. The predicted octanol–water partition coefficient (Wildman–Crippen LogP) is 3.14. The summed E-state index contributed by atoms with van der Waals surface area (Å²) in [5.74, 6) is 0.782. The Morgan fingerprint density at radius 3 is 2.86 bits per heavy atom. The molecule has 1 aromatic rings. The minimum absolute atomic E-state index is 0.492. The molecule has 0 spiro atoms. The second-order valence-corrected chi connectivity index (χ2v) is 4.16. The highest BCUT2D eigenvalue weighted by molar-refractivity contribution is 9.10. The van der Waals surface area contributed by atoms with Crippen molar-refractivity contribution >= 4 is 28.1 Å². The zero-order valence-electron chi connectivity index (χ0n) is 8.26. The number of rotatable bonds is 4. The molecule has 78 valence electrons. The van der Waals surface area contributed by atoms with Crippen LogP contribution in [-0.4, -0.2) is 16.6 Å². The summed E-state index contributed by atoms with van der Waals surface area (Å²) in [7, 11) is 0. The number of H-pyrrole nitrogens is 1. The standard InChI is InChI=1S/C9H13BrN2OS/c1-3-4-13-5-7-11-6(2)8(10)9(14)12-7/h3-5H2,1-2H3,(H,11,12,14). The second kappa shape index (κ2) is 5.58. The fourth-order valence-electron chi connectivity index (χ4n) is 1.01. The maximum atomic E-state index is 5.36. The first-order chi connectivity index (χ1) is 6.65. The Kier molecular flexibility index (Phi) is 4.71. The SMILES string of the molecule is CCCOCc1nc(=S)c(Br)c(C)[nH]1. The monoisotopic (exact) mass is 276 g/mol. The Morgan fingerprint density at radius 2 is 2.29 bits per heavy atom. The molecule has 0 aromatic carbocycles. The van der Waals surface area contributed by atoms with Gasteiger partial charge in [-0.1, -0.05) is 19.1 Å². The van der Waals surface area contributed by atoms with E-state index in [0.717, 1.165) is 29.0 Å². The van der Waals surface area contributed by atoms with Crippen LogP contribution in [0.15, 0.2) is 4.47 Å². The van der Waals surface area contributed by atoms with E-state index in [9.17, 15) is 0 Å². The van der Waals surface area contributed by atoms with Crippen LogP contribution < -0.4 is 0 Å². The van der Waals surface area contributed by atoms with Crippen LogP contribution in [0.5, 0.6) is 0 Å². The molecule has 0 amide bonds. The lowest BCUT2D eigenvalue weighted by atomic mass is 10.4. The van der Waals surface area contributed by atoms with E-state index in [4.69, 9.17) is 17.0 Å². The molecule has 14 heavy (non-hydrogen) atoms. The normalized spacial score (nSPS) is 10.5. The van der Waals surface area contributed by atoms with Crippen LogP contribution >= 0.6 is 28.1 Å². The van der Waals surface area contributed by atoms with E-state index >= 15 is 0 Å². The van der Waals surface area contributed by atoms with Gasteiger partial charge in [-0.3, -0.25) is 0 Å². The molecule has 5 heteroatoms. The highest BCUT2D eigenvalue weighted by Gasteiger charge is 2.01. The van der Waals surface area contributed by atoms with Gasteiger partial charge in [0.05, 0.1) is 4.47 Å². The summed E-state index contributed by atoms with van der Waals surface area (Å²) in [5, 5.41) is 0. The van der Waals surface area contributed by atoms with E-state index in [0.29, 0.717) is 11.2 Å². The number of hydrogen-bond acceptors (Lipinski definition) is 3. The minimum Gasteiger partial charge on any atom is -0.374 e. The van der Waals surface area contributed by atoms with E-state index in [2.05, 4.69) is 32.8 Å². The molecular formula is C9H13BrN2OS.